The van der Waals surface area contributed by atoms with Crippen molar-refractivity contribution in [2.75, 3.05) is 28.4 Å². The van der Waals surface area contributed by atoms with Gasteiger partial charge in [0, 0.05) is 22.3 Å². The summed E-state index contributed by atoms with van der Waals surface area (Å²) >= 11 is 0. The standard InChI is InChI=1S/C56H42O4/c1-57-53-29-33-19-21-37(43-15-9-17-45-41-13-7-5-11-35(41)25-47(43)45)23-39(33)27-49(53)51-31-56(60-4)52(32-55(51)59-3)50-28-40-24-38(22-20-34(40)30-54(50)58-2)44-16-10-18-46-42-14-8-6-12-36(42)26-48(44)46/h5-24,27-32H,25-26H2,1-4H3. The van der Waals surface area contributed by atoms with Crippen LogP contribution in [-0.4, -0.2) is 28.4 Å². The minimum Gasteiger partial charge on any atom is -0.496 e. The molecule has 0 fully saturated rings. The van der Waals surface area contributed by atoms with E-state index in [2.05, 4.69) is 158 Å². The molecule has 0 heterocycles. The zero-order valence-corrected chi connectivity index (χ0v) is 34.1. The summed E-state index contributed by atoms with van der Waals surface area (Å²) < 4.78 is 24.5. The van der Waals surface area contributed by atoms with Crippen LogP contribution in [0, 0.1) is 0 Å². The summed E-state index contributed by atoms with van der Waals surface area (Å²) in [6.45, 7) is 0. The van der Waals surface area contributed by atoms with Gasteiger partial charge in [0.1, 0.15) is 23.0 Å². The largest absolute Gasteiger partial charge is 0.496 e. The van der Waals surface area contributed by atoms with Gasteiger partial charge in [0.2, 0.25) is 0 Å². The Balaban J connectivity index is 1.01. The third-order valence-corrected chi connectivity index (χ3v) is 12.7. The Morgan fingerprint density at radius 3 is 1.08 bits per heavy atom. The van der Waals surface area contributed by atoms with Crippen molar-refractivity contribution in [1.29, 1.82) is 0 Å². The summed E-state index contributed by atoms with van der Waals surface area (Å²) in [5, 5.41) is 4.42. The van der Waals surface area contributed by atoms with Crippen molar-refractivity contribution in [1.82, 2.24) is 0 Å². The van der Waals surface area contributed by atoms with Crippen LogP contribution in [-0.2, 0) is 12.8 Å². The van der Waals surface area contributed by atoms with Crippen molar-refractivity contribution in [2.24, 2.45) is 0 Å². The molecule has 9 aromatic rings. The predicted octanol–water partition coefficient (Wildman–Crippen LogP) is 13.8. The van der Waals surface area contributed by atoms with Crippen molar-refractivity contribution in [2.45, 2.75) is 12.8 Å². The fraction of sp³-hybridized carbons (Fsp3) is 0.107. The maximum absolute atomic E-state index is 6.20. The molecule has 60 heavy (non-hydrogen) atoms. The Kier molecular flexibility index (Phi) is 8.49. The molecule has 0 N–H and O–H groups in total. The van der Waals surface area contributed by atoms with Crippen LogP contribution >= 0.6 is 0 Å². The van der Waals surface area contributed by atoms with Crippen LogP contribution < -0.4 is 18.9 Å². The van der Waals surface area contributed by atoms with Gasteiger partial charge in [-0.15, -0.1) is 0 Å². The highest BCUT2D eigenvalue weighted by atomic mass is 16.5. The molecule has 0 radical (unpaired) electrons. The molecule has 0 spiro atoms. The van der Waals surface area contributed by atoms with E-state index >= 15 is 0 Å². The number of fused-ring (bicyclic) bond motifs is 8. The molecule has 9 aromatic carbocycles. The first-order chi connectivity index (χ1) is 29.5. The van der Waals surface area contributed by atoms with Gasteiger partial charge in [-0.2, -0.15) is 0 Å². The Hall–Kier alpha value is -7.30. The first-order valence-electron chi connectivity index (χ1n) is 20.4. The Morgan fingerprint density at radius 1 is 0.283 bits per heavy atom. The first kappa shape index (κ1) is 35.8. The molecule has 4 heteroatoms. The Morgan fingerprint density at radius 2 is 0.650 bits per heavy atom. The van der Waals surface area contributed by atoms with E-state index in [1.165, 1.54) is 66.8 Å². The number of benzene rings is 9. The number of methoxy groups -OCH3 is 4. The smallest absolute Gasteiger partial charge is 0.127 e. The number of hydrogen-bond acceptors (Lipinski definition) is 4. The zero-order chi connectivity index (χ0) is 40.5. The number of hydrogen-bond donors (Lipinski definition) is 0. The van der Waals surface area contributed by atoms with Gasteiger partial charge in [-0.05, 0) is 150 Å². The van der Waals surface area contributed by atoms with E-state index in [0.29, 0.717) is 11.5 Å². The third kappa shape index (κ3) is 5.66. The third-order valence-electron chi connectivity index (χ3n) is 12.7. The molecule has 0 bridgehead atoms. The molecule has 0 saturated heterocycles. The lowest BCUT2D eigenvalue weighted by Crippen LogP contribution is -1.97. The SMILES string of the molecule is COc1cc(-c2cc3cc(-c4cccc5c4Cc4ccccc4-5)ccc3cc2OC)c(OC)cc1-c1cc2cc(-c3cccc4c3Cc3ccccc3-4)ccc2cc1OC. The molecule has 2 aliphatic carbocycles. The van der Waals surface area contributed by atoms with Gasteiger partial charge in [-0.25, -0.2) is 0 Å². The molecule has 11 rings (SSSR count). The topological polar surface area (TPSA) is 36.9 Å². The van der Waals surface area contributed by atoms with Crippen LogP contribution in [0.2, 0.25) is 0 Å². The van der Waals surface area contributed by atoms with Crippen molar-refractivity contribution >= 4 is 21.5 Å². The monoisotopic (exact) mass is 778 g/mol. The highest BCUT2D eigenvalue weighted by Gasteiger charge is 2.24. The molecule has 0 amide bonds. The molecule has 290 valence electrons. The van der Waals surface area contributed by atoms with Crippen LogP contribution in [0.25, 0.3) is 88.3 Å². The summed E-state index contributed by atoms with van der Waals surface area (Å²) in [6, 6.07) is 57.0. The summed E-state index contributed by atoms with van der Waals surface area (Å²) in [7, 11) is 6.88. The first-order valence-corrected chi connectivity index (χ1v) is 20.4. The molecule has 0 aliphatic heterocycles. The van der Waals surface area contributed by atoms with Gasteiger partial charge in [0.05, 0.1) is 28.4 Å². The summed E-state index contributed by atoms with van der Waals surface area (Å²) in [5.74, 6) is 2.92. The van der Waals surface area contributed by atoms with Gasteiger partial charge in [0.15, 0.2) is 0 Å². The van der Waals surface area contributed by atoms with Crippen molar-refractivity contribution in [3.8, 4) is 89.8 Å². The quantitative estimate of drug-likeness (QED) is 0.154. The number of ether oxygens (including phenoxy) is 4. The lowest BCUT2D eigenvalue weighted by molar-refractivity contribution is 0.402. The molecule has 4 nitrogen and oxygen atoms in total. The van der Waals surface area contributed by atoms with Crippen molar-refractivity contribution in [3.05, 3.63) is 180 Å². The average molecular weight is 779 g/mol. The van der Waals surface area contributed by atoms with E-state index in [-0.39, 0.29) is 0 Å². The second-order valence-electron chi connectivity index (χ2n) is 15.8. The van der Waals surface area contributed by atoms with E-state index in [4.69, 9.17) is 18.9 Å². The van der Waals surface area contributed by atoms with E-state index in [1.807, 2.05) is 0 Å². The van der Waals surface area contributed by atoms with Gasteiger partial charge >= 0.3 is 0 Å². The van der Waals surface area contributed by atoms with Gasteiger partial charge in [-0.1, -0.05) is 109 Å². The van der Waals surface area contributed by atoms with Crippen LogP contribution in [0.3, 0.4) is 0 Å². The van der Waals surface area contributed by atoms with Crippen LogP contribution in [0.15, 0.2) is 158 Å². The van der Waals surface area contributed by atoms with Crippen molar-refractivity contribution < 1.29 is 18.9 Å². The molecule has 0 unspecified atom stereocenters. The molecular formula is C56H42O4. The highest BCUT2D eigenvalue weighted by Crippen LogP contribution is 2.49. The van der Waals surface area contributed by atoms with E-state index in [9.17, 15) is 0 Å². The fourth-order valence-corrected chi connectivity index (χ4v) is 9.82. The van der Waals surface area contributed by atoms with E-state index in [0.717, 1.165) is 68.1 Å². The fourth-order valence-electron chi connectivity index (χ4n) is 9.82. The predicted molar refractivity (Wildman–Crippen MR) is 246 cm³/mol. The Labute approximate surface area is 350 Å². The van der Waals surface area contributed by atoms with Gasteiger partial charge in [0.25, 0.3) is 0 Å². The van der Waals surface area contributed by atoms with Crippen molar-refractivity contribution in [3.63, 3.8) is 0 Å². The van der Waals surface area contributed by atoms with E-state index < -0.39 is 0 Å². The summed E-state index contributed by atoms with van der Waals surface area (Å²) in [4.78, 5) is 0. The minimum atomic E-state index is 0.702. The van der Waals surface area contributed by atoms with E-state index in [1.54, 1.807) is 28.4 Å². The second kappa shape index (κ2) is 14.2. The van der Waals surface area contributed by atoms with Gasteiger partial charge in [-0.3, -0.25) is 0 Å². The van der Waals surface area contributed by atoms with Crippen LogP contribution in [0.4, 0.5) is 0 Å². The number of rotatable bonds is 8. The highest BCUT2D eigenvalue weighted by molar-refractivity contribution is 5.99. The maximum atomic E-state index is 6.20. The normalized spacial score (nSPS) is 12.2. The second-order valence-corrected chi connectivity index (χ2v) is 15.8. The maximum Gasteiger partial charge on any atom is 0.127 e. The average Bonchev–Trinajstić information content (AvgIpc) is 3.88. The van der Waals surface area contributed by atoms with Crippen LogP contribution in [0.1, 0.15) is 22.3 Å². The minimum absolute atomic E-state index is 0.702. The van der Waals surface area contributed by atoms with Gasteiger partial charge < -0.3 is 18.9 Å². The Bertz CT molecular complexity index is 3000. The molecule has 2 aliphatic rings. The lowest BCUT2D eigenvalue weighted by Gasteiger charge is -2.19. The molecule has 0 atom stereocenters. The molecular weight excluding hydrogens is 737 g/mol. The lowest BCUT2D eigenvalue weighted by atomic mass is 9.91. The molecule has 0 saturated carbocycles. The summed E-state index contributed by atoms with van der Waals surface area (Å²) in [6.07, 6.45) is 1.87. The zero-order valence-electron chi connectivity index (χ0n) is 34.1. The summed E-state index contributed by atoms with van der Waals surface area (Å²) in [5.41, 5.74) is 19.3. The molecule has 0 aromatic heterocycles. The van der Waals surface area contributed by atoms with Crippen LogP contribution in [0.5, 0.6) is 23.0 Å².